The molecule has 7 heteroatoms. The predicted octanol–water partition coefficient (Wildman–Crippen LogP) is 4.07. The summed E-state index contributed by atoms with van der Waals surface area (Å²) in [6, 6.07) is 4.66. The molecule has 0 bridgehead atoms. The molecule has 2 aromatic rings. The van der Waals surface area contributed by atoms with E-state index < -0.39 is 8.07 Å². The van der Waals surface area contributed by atoms with Gasteiger partial charge in [0.05, 0.1) is 15.9 Å². The van der Waals surface area contributed by atoms with Gasteiger partial charge in [-0.1, -0.05) is 31.2 Å². The standard InChI is InChI=1S/C14H20BrClN2O2Si/c1-17-14(19)10-7-11(15)12(16)8-13(10)18(17)9-20-5-6-21(2,3)4/h7-8H,5-6,9H2,1-4H3. The third-order valence-electron chi connectivity index (χ3n) is 3.41. The number of hydrogen-bond acceptors (Lipinski definition) is 2. The molecular formula is C14H20BrClN2O2Si. The fourth-order valence-corrected chi connectivity index (χ4v) is 3.31. The molecule has 0 atom stereocenters. The Labute approximate surface area is 138 Å². The molecule has 1 aromatic carbocycles. The van der Waals surface area contributed by atoms with Crippen LogP contribution in [0.3, 0.4) is 0 Å². The van der Waals surface area contributed by atoms with Gasteiger partial charge in [-0.05, 0) is 34.1 Å². The average molecular weight is 392 g/mol. The Morgan fingerprint density at radius 2 is 2.00 bits per heavy atom. The first-order valence-electron chi connectivity index (χ1n) is 6.83. The zero-order valence-corrected chi connectivity index (χ0v) is 16.1. The van der Waals surface area contributed by atoms with Gasteiger partial charge in [0.25, 0.3) is 5.56 Å². The number of fused-ring (bicyclic) bond motifs is 1. The highest BCUT2D eigenvalue weighted by Gasteiger charge is 2.15. The molecular weight excluding hydrogens is 372 g/mol. The molecule has 0 amide bonds. The fraction of sp³-hybridized carbons (Fsp3) is 0.500. The molecule has 21 heavy (non-hydrogen) atoms. The third kappa shape index (κ3) is 3.80. The summed E-state index contributed by atoms with van der Waals surface area (Å²) in [6.07, 6.45) is 0. The van der Waals surface area contributed by atoms with E-state index in [2.05, 4.69) is 35.6 Å². The van der Waals surface area contributed by atoms with E-state index in [-0.39, 0.29) is 5.56 Å². The minimum absolute atomic E-state index is 0.0452. The number of hydrogen-bond donors (Lipinski definition) is 0. The molecule has 0 spiro atoms. The van der Waals surface area contributed by atoms with Gasteiger partial charge in [0.2, 0.25) is 0 Å². The lowest BCUT2D eigenvalue weighted by molar-refractivity contribution is 0.0736. The van der Waals surface area contributed by atoms with E-state index in [1.54, 1.807) is 23.9 Å². The molecule has 0 saturated carbocycles. The van der Waals surface area contributed by atoms with E-state index in [1.165, 1.54) is 0 Å². The van der Waals surface area contributed by atoms with Crippen LogP contribution < -0.4 is 5.56 Å². The van der Waals surface area contributed by atoms with E-state index in [0.717, 1.165) is 16.0 Å². The maximum absolute atomic E-state index is 12.2. The molecule has 0 aliphatic carbocycles. The van der Waals surface area contributed by atoms with Crippen LogP contribution in [0.2, 0.25) is 30.7 Å². The van der Waals surface area contributed by atoms with Gasteiger partial charge >= 0.3 is 0 Å². The number of ether oxygens (including phenoxy) is 1. The van der Waals surface area contributed by atoms with E-state index in [0.29, 0.717) is 23.7 Å². The SMILES string of the molecule is Cn1c(=O)c2cc(Br)c(Cl)cc2n1COCC[Si](C)(C)C. The van der Waals surface area contributed by atoms with E-state index >= 15 is 0 Å². The van der Waals surface area contributed by atoms with Gasteiger partial charge in [0.1, 0.15) is 6.73 Å². The first-order valence-corrected chi connectivity index (χ1v) is 11.7. The summed E-state index contributed by atoms with van der Waals surface area (Å²) in [5.41, 5.74) is 0.750. The maximum atomic E-state index is 12.2. The summed E-state index contributed by atoms with van der Waals surface area (Å²) < 4.78 is 9.87. The predicted molar refractivity (Wildman–Crippen MR) is 94.0 cm³/mol. The molecule has 1 aromatic heterocycles. The van der Waals surface area contributed by atoms with Gasteiger partial charge in [-0.2, -0.15) is 0 Å². The van der Waals surface area contributed by atoms with Crippen LogP contribution in [0.1, 0.15) is 0 Å². The van der Waals surface area contributed by atoms with Crippen LogP contribution in [0.15, 0.2) is 21.4 Å². The second-order valence-electron chi connectivity index (χ2n) is 6.36. The topological polar surface area (TPSA) is 36.2 Å². The zero-order chi connectivity index (χ0) is 15.8. The number of aromatic nitrogens is 2. The van der Waals surface area contributed by atoms with Crippen LogP contribution in [0.5, 0.6) is 0 Å². The molecule has 0 aliphatic heterocycles. The van der Waals surface area contributed by atoms with E-state index in [9.17, 15) is 4.79 Å². The summed E-state index contributed by atoms with van der Waals surface area (Å²) >= 11 is 9.49. The Bertz CT molecular complexity index is 718. The highest BCUT2D eigenvalue weighted by molar-refractivity contribution is 9.10. The van der Waals surface area contributed by atoms with Crippen molar-refractivity contribution in [2.75, 3.05) is 6.61 Å². The Morgan fingerprint density at radius 1 is 1.33 bits per heavy atom. The van der Waals surface area contributed by atoms with Gasteiger partial charge in [-0.3, -0.25) is 14.2 Å². The van der Waals surface area contributed by atoms with Crippen LogP contribution in [0.25, 0.3) is 10.9 Å². The fourth-order valence-electron chi connectivity index (χ4n) is 2.05. The van der Waals surface area contributed by atoms with Crippen LogP contribution in [0.4, 0.5) is 0 Å². The summed E-state index contributed by atoms with van der Waals surface area (Å²) in [5.74, 6) is 0. The molecule has 2 rings (SSSR count). The molecule has 0 radical (unpaired) electrons. The van der Waals surface area contributed by atoms with E-state index in [4.69, 9.17) is 16.3 Å². The third-order valence-corrected chi connectivity index (χ3v) is 6.31. The molecule has 0 fully saturated rings. The number of nitrogens with zero attached hydrogens (tertiary/aromatic N) is 2. The Kier molecular flexibility index (Phi) is 5.02. The maximum Gasteiger partial charge on any atom is 0.274 e. The first kappa shape index (κ1) is 16.8. The second kappa shape index (κ2) is 6.28. The number of rotatable bonds is 5. The highest BCUT2D eigenvalue weighted by Crippen LogP contribution is 2.27. The molecule has 116 valence electrons. The van der Waals surface area contributed by atoms with Crippen molar-refractivity contribution in [2.45, 2.75) is 32.4 Å². The van der Waals surface area contributed by atoms with Gasteiger partial charge < -0.3 is 4.74 Å². The monoisotopic (exact) mass is 390 g/mol. The van der Waals surface area contributed by atoms with Gasteiger partial charge in [0.15, 0.2) is 0 Å². The Morgan fingerprint density at radius 3 is 2.62 bits per heavy atom. The lowest BCUT2D eigenvalue weighted by Crippen LogP contribution is -2.24. The van der Waals surface area contributed by atoms with Crippen LogP contribution >= 0.6 is 27.5 Å². The van der Waals surface area contributed by atoms with E-state index in [1.807, 2.05) is 4.68 Å². The minimum atomic E-state index is -1.10. The molecule has 0 aliphatic rings. The van der Waals surface area contributed by atoms with Crippen molar-refractivity contribution in [1.82, 2.24) is 9.36 Å². The minimum Gasteiger partial charge on any atom is -0.360 e. The summed E-state index contributed by atoms with van der Waals surface area (Å²) in [5, 5.41) is 1.23. The summed E-state index contributed by atoms with van der Waals surface area (Å²) in [7, 11) is 0.638. The van der Waals surface area contributed by atoms with Gasteiger partial charge in [-0.15, -0.1) is 0 Å². The largest absolute Gasteiger partial charge is 0.360 e. The quantitative estimate of drug-likeness (QED) is 0.569. The Balaban J connectivity index is 2.26. The van der Waals surface area contributed by atoms with Gasteiger partial charge in [-0.25, -0.2) is 0 Å². The first-order chi connectivity index (χ1) is 9.70. The average Bonchev–Trinajstić information content (AvgIpc) is 2.59. The van der Waals surface area contributed by atoms with Gasteiger partial charge in [0, 0.05) is 26.2 Å². The highest BCUT2D eigenvalue weighted by atomic mass is 79.9. The van der Waals surface area contributed by atoms with Crippen molar-refractivity contribution in [3.8, 4) is 0 Å². The summed E-state index contributed by atoms with van der Waals surface area (Å²) in [4.78, 5) is 12.2. The van der Waals surface area contributed by atoms with Crippen molar-refractivity contribution in [3.63, 3.8) is 0 Å². The van der Waals surface area contributed by atoms with Crippen LogP contribution in [0, 0.1) is 0 Å². The molecule has 0 unspecified atom stereocenters. The Hall–Kier alpha value is -0.563. The normalized spacial score (nSPS) is 12.3. The van der Waals surface area contributed by atoms with Crippen molar-refractivity contribution in [2.24, 2.45) is 7.05 Å². The van der Waals surface area contributed by atoms with Crippen LogP contribution in [-0.2, 0) is 18.5 Å². The molecule has 4 nitrogen and oxygen atoms in total. The second-order valence-corrected chi connectivity index (χ2v) is 13.2. The summed E-state index contributed by atoms with van der Waals surface area (Å²) in [6.45, 7) is 8.02. The zero-order valence-electron chi connectivity index (χ0n) is 12.7. The van der Waals surface area contributed by atoms with Crippen LogP contribution in [-0.4, -0.2) is 24.0 Å². The lowest BCUT2D eigenvalue weighted by Gasteiger charge is -2.16. The van der Waals surface area contributed by atoms with Crippen molar-refractivity contribution < 1.29 is 4.74 Å². The van der Waals surface area contributed by atoms with Crippen molar-refractivity contribution in [3.05, 3.63) is 32.0 Å². The molecule has 1 heterocycles. The van der Waals surface area contributed by atoms with Crippen molar-refractivity contribution >= 4 is 46.5 Å². The molecule has 0 saturated heterocycles. The molecule has 0 N–H and O–H groups in total. The smallest absolute Gasteiger partial charge is 0.274 e. The number of halogens is 2. The number of benzene rings is 1. The van der Waals surface area contributed by atoms with Crippen molar-refractivity contribution in [1.29, 1.82) is 0 Å². The lowest BCUT2D eigenvalue weighted by atomic mass is 10.2.